The average molecular weight is 303 g/mol. The van der Waals surface area contributed by atoms with E-state index < -0.39 is 4.92 Å². The smallest absolute Gasteiger partial charge is 0.311 e. The lowest BCUT2D eigenvalue weighted by Crippen LogP contribution is -2.00. The minimum atomic E-state index is -0.575. The van der Waals surface area contributed by atoms with Crippen LogP contribution in [0.4, 0.5) is 5.69 Å². The lowest BCUT2D eigenvalue weighted by atomic mass is 10.2. The molecular weight excluding hydrogens is 294 g/mol. The van der Waals surface area contributed by atoms with E-state index in [0.29, 0.717) is 12.0 Å². The van der Waals surface area contributed by atoms with Gasteiger partial charge in [0, 0.05) is 29.4 Å². The van der Waals surface area contributed by atoms with Crippen molar-refractivity contribution < 1.29 is 14.5 Å². The molecule has 7 nitrogen and oxygen atoms in total. The molecule has 3 aromatic rings. The second-order valence-electron chi connectivity index (χ2n) is 4.22. The first-order valence-corrected chi connectivity index (χ1v) is 6.83. The Morgan fingerprint density at radius 2 is 2.33 bits per heavy atom. The van der Waals surface area contributed by atoms with E-state index in [-0.39, 0.29) is 23.6 Å². The Balaban J connectivity index is 1.82. The number of nitro groups is 1. The van der Waals surface area contributed by atoms with Crippen molar-refractivity contribution in [3.63, 3.8) is 0 Å². The third-order valence-electron chi connectivity index (χ3n) is 2.83. The SMILES string of the molecule is O=Cc1ccc(OCc2cn3ccsc3n2)c([N+](=O)[O-])c1. The summed E-state index contributed by atoms with van der Waals surface area (Å²) in [5, 5.41) is 12.9. The number of hydrogen-bond donors (Lipinski definition) is 0. The van der Waals surface area contributed by atoms with Crippen molar-refractivity contribution in [1.82, 2.24) is 9.38 Å². The Hall–Kier alpha value is -2.74. The van der Waals surface area contributed by atoms with E-state index in [0.717, 1.165) is 4.96 Å². The first-order chi connectivity index (χ1) is 10.2. The lowest BCUT2D eigenvalue weighted by molar-refractivity contribution is -0.386. The van der Waals surface area contributed by atoms with E-state index in [1.54, 1.807) is 6.20 Å². The number of nitro benzene ring substituents is 1. The predicted molar refractivity (Wildman–Crippen MR) is 75.9 cm³/mol. The van der Waals surface area contributed by atoms with Crippen LogP contribution in [-0.4, -0.2) is 20.6 Å². The zero-order valence-electron chi connectivity index (χ0n) is 10.6. The Labute approximate surface area is 122 Å². The fraction of sp³-hybridized carbons (Fsp3) is 0.0769. The van der Waals surface area contributed by atoms with Gasteiger partial charge >= 0.3 is 5.69 Å². The first kappa shape index (κ1) is 13.3. The average Bonchev–Trinajstić information content (AvgIpc) is 3.05. The van der Waals surface area contributed by atoms with Crippen LogP contribution in [0.3, 0.4) is 0 Å². The second-order valence-corrected chi connectivity index (χ2v) is 5.09. The van der Waals surface area contributed by atoms with Crippen LogP contribution in [0.25, 0.3) is 4.96 Å². The molecule has 0 aliphatic carbocycles. The van der Waals surface area contributed by atoms with Crippen molar-refractivity contribution >= 4 is 28.3 Å². The van der Waals surface area contributed by atoms with E-state index >= 15 is 0 Å². The molecule has 0 aliphatic rings. The van der Waals surface area contributed by atoms with Crippen LogP contribution in [0.15, 0.2) is 36.0 Å². The van der Waals surface area contributed by atoms with Crippen molar-refractivity contribution in [2.45, 2.75) is 6.61 Å². The molecule has 0 saturated heterocycles. The summed E-state index contributed by atoms with van der Waals surface area (Å²) < 4.78 is 7.31. The van der Waals surface area contributed by atoms with Crippen LogP contribution in [0.5, 0.6) is 5.75 Å². The highest BCUT2D eigenvalue weighted by atomic mass is 32.1. The minimum absolute atomic E-state index is 0.113. The van der Waals surface area contributed by atoms with Gasteiger partial charge in [0.25, 0.3) is 0 Å². The molecule has 0 radical (unpaired) electrons. The molecular formula is C13H9N3O4S. The summed E-state index contributed by atoms with van der Waals surface area (Å²) in [7, 11) is 0. The standard InChI is InChI=1S/C13H9N3O4S/c17-7-9-1-2-12(11(5-9)16(18)19)20-8-10-6-15-3-4-21-13(15)14-10/h1-7H,8H2. The minimum Gasteiger partial charge on any atom is -0.480 e. The highest BCUT2D eigenvalue weighted by Crippen LogP contribution is 2.28. The van der Waals surface area contributed by atoms with Crippen molar-refractivity contribution in [2.75, 3.05) is 0 Å². The number of thiazole rings is 1. The molecule has 106 valence electrons. The van der Waals surface area contributed by atoms with Crippen molar-refractivity contribution in [1.29, 1.82) is 0 Å². The van der Waals surface area contributed by atoms with Crippen molar-refractivity contribution in [3.05, 3.63) is 57.3 Å². The van der Waals surface area contributed by atoms with Gasteiger partial charge in [0.05, 0.1) is 10.6 Å². The number of ether oxygens (including phenoxy) is 1. The Kier molecular flexibility index (Phi) is 3.36. The maximum Gasteiger partial charge on any atom is 0.311 e. The van der Waals surface area contributed by atoms with Crippen LogP contribution in [-0.2, 0) is 6.61 Å². The number of aromatic nitrogens is 2. The van der Waals surface area contributed by atoms with E-state index in [4.69, 9.17) is 4.74 Å². The summed E-state index contributed by atoms with van der Waals surface area (Å²) in [5.41, 5.74) is 0.674. The van der Waals surface area contributed by atoms with Gasteiger partial charge in [-0.25, -0.2) is 4.98 Å². The molecule has 0 saturated carbocycles. The number of aldehydes is 1. The highest BCUT2D eigenvalue weighted by Gasteiger charge is 2.16. The maximum absolute atomic E-state index is 11.0. The maximum atomic E-state index is 11.0. The molecule has 0 bridgehead atoms. The third-order valence-corrected chi connectivity index (χ3v) is 3.61. The molecule has 0 aliphatic heterocycles. The van der Waals surface area contributed by atoms with E-state index in [2.05, 4.69) is 4.98 Å². The van der Waals surface area contributed by atoms with Crippen molar-refractivity contribution in [2.24, 2.45) is 0 Å². The zero-order chi connectivity index (χ0) is 14.8. The van der Waals surface area contributed by atoms with Gasteiger partial charge in [-0.1, -0.05) is 0 Å². The Bertz CT molecular complexity index is 795. The van der Waals surface area contributed by atoms with E-state index in [1.165, 1.54) is 29.5 Å². The van der Waals surface area contributed by atoms with Crippen LogP contribution >= 0.6 is 11.3 Å². The zero-order valence-corrected chi connectivity index (χ0v) is 11.4. The van der Waals surface area contributed by atoms with Gasteiger partial charge in [0.1, 0.15) is 12.9 Å². The highest BCUT2D eigenvalue weighted by molar-refractivity contribution is 7.15. The molecule has 21 heavy (non-hydrogen) atoms. The third kappa shape index (κ3) is 2.61. The topological polar surface area (TPSA) is 86.7 Å². The van der Waals surface area contributed by atoms with E-state index in [9.17, 15) is 14.9 Å². The van der Waals surface area contributed by atoms with Crippen LogP contribution < -0.4 is 4.74 Å². The lowest BCUT2D eigenvalue weighted by Gasteiger charge is -2.05. The van der Waals surface area contributed by atoms with Gasteiger partial charge in [-0.2, -0.15) is 0 Å². The summed E-state index contributed by atoms with van der Waals surface area (Å²) in [6, 6.07) is 4.08. The summed E-state index contributed by atoms with van der Waals surface area (Å²) >= 11 is 1.49. The summed E-state index contributed by atoms with van der Waals surface area (Å²) in [5.74, 6) is 0.113. The Morgan fingerprint density at radius 3 is 3.05 bits per heavy atom. The number of hydrogen-bond acceptors (Lipinski definition) is 6. The van der Waals surface area contributed by atoms with Gasteiger partial charge in [0.15, 0.2) is 10.7 Å². The normalized spacial score (nSPS) is 10.7. The molecule has 3 rings (SSSR count). The fourth-order valence-corrected chi connectivity index (χ4v) is 2.59. The van der Waals surface area contributed by atoms with Gasteiger partial charge in [-0.3, -0.25) is 19.3 Å². The fourth-order valence-electron chi connectivity index (χ4n) is 1.87. The molecule has 0 unspecified atom stereocenters. The quantitative estimate of drug-likeness (QED) is 0.411. The number of fused-ring (bicyclic) bond motifs is 1. The largest absolute Gasteiger partial charge is 0.480 e. The molecule has 1 aromatic carbocycles. The molecule has 2 heterocycles. The molecule has 2 aromatic heterocycles. The summed E-state index contributed by atoms with van der Waals surface area (Å²) in [6.07, 6.45) is 4.23. The summed E-state index contributed by atoms with van der Waals surface area (Å²) in [6.45, 7) is 0.121. The van der Waals surface area contributed by atoms with Gasteiger partial charge in [-0.15, -0.1) is 11.3 Å². The number of nitrogens with zero attached hydrogens (tertiary/aromatic N) is 3. The molecule has 0 spiro atoms. The Morgan fingerprint density at radius 1 is 1.48 bits per heavy atom. The number of benzene rings is 1. The monoisotopic (exact) mass is 303 g/mol. The van der Waals surface area contributed by atoms with Crippen LogP contribution in [0.2, 0.25) is 0 Å². The number of carbonyl (C=O) groups is 1. The number of rotatable bonds is 5. The first-order valence-electron chi connectivity index (χ1n) is 5.95. The van der Waals surface area contributed by atoms with Gasteiger partial charge in [-0.05, 0) is 12.1 Å². The second kappa shape index (κ2) is 5.33. The predicted octanol–water partition coefficient (Wildman–Crippen LogP) is 2.70. The number of carbonyl (C=O) groups excluding carboxylic acids is 1. The molecule has 0 fully saturated rings. The number of imidazole rings is 1. The molecule has 8 heteroatoms. The molecule has 0 N–H and O–H groups in total. The van der Waals surface area contributed by atoms with E-state index in [1.807, 2.05) is 16.0 Å². The molecule has 0 amide bonds. The van der Waals surface area contributed by atoms with Crippen LogP contribution in [0, 0.1) is 10.1 Å². The van der Waals surface area contributed by atoms with Gasteiger partial charge in [0.2, 0.25) is 0 Å². The van der Waals surface area contributed by atoms with Crippen LogP contribution in [0.1, 0.15) is 16.1 Å². The van der Waals surface area contributed by atoms with Gasteiger partial charge < -0.3 is 4.74 Å². The molecule has 0 atom stereocenters. The van der Waals surface area contributed by atoms with Crippen molar-refractivity contribution in [3.8, 4) is 5.75 Å². The summed E-state index contributed by atoms with van der Waals surface area (Å²) in [4.78, 5) is 26.2.